The number of aromatic nitrogens is 2. The first-order chi connectivity index (χ1) is 16.1. The van der Waals surface area contributed by atoms with Crippen molar-refractivity contribution in [1.29, 1.82) is 0 Å². The van der Waals surface area contributed by atoms with Crippen molar-refractivity contribution < 1.29 is 32.2 Å². The third-order valence-corrected chi connectivity index (χ3v) is 5.02. The molecule has 0 aliphatic carbocycles. The van der Waals surface area contributed by atoms with Crippen LogP contribution in [0.3, 0.4) is 0 Å². The van der Waals surface area contributed by atoms with Crippen LogP contribution in [0.1, 0.15) is 5.56 Å². The highest BCUT2D eigenvalue weighted by molar-refractivity contribution is 6.33. The number of benzene rings is 2. The van der Waals surface area contributed by atoms with Crippen LogP contribution in [-0.4, -0.2) is 37.0 Å². The normalized spacial score (nSPS) is 11.1. The van der Waals surface area contributed by atoms with Gasteiger partial charge in [0.1, 0.15) is 6.54 Å². The molecular weight excluding hydrogens is 479 g/mol. The second-order valence-corrected chi connectivity index (χ2v) is 7.28. The summed E-state index contributed by atoms with van der Waals surface area (Å²) in [6.07, 6.45) is -4.61. The number of alkyl halides is 3. The standard InChI is InChI=1S/C22H19ClF3N3O5/c1-32-17-8-12(9-18(33-2)21(17)34-3)15-6-7-20(31)29(28-15)11-19(30)27-16-10-13(22(24,25)26)4-5-14(16)23/h4-10H,11H2,1-3H3,(H,27,30). The van der Waals surface area contributed by atoms with E-state index >= 15 is 0 Å². The van der Waals surface area contributed by atoms with Crippen LogP contribution in [0.4, 0.5) is 18.9 Å². The van der Waals surface area contributed by atoms with Gasteiger partial charge in [-0.2, -0.15) is 18.3 Å². The van der Waals surface area contributed by atoms with E-state index < -0.39 is 29.8 Å². The Morgan fingerprint density at radius 1 is 1.03 bits per heavy atom. The van der Waals surface area contributed by atoms with E-state index in [0.29, 0.717) is 34.6 Å². The minimum absolute atomic E-state index is 0.0900. The van der Waals surface area contributed by atoms with Crippen molar-refractivity contribution in [2.24, 2.45) is 0 Å². The largest absolute Gasteiger partial charge is 0.493 e. The molecule has 0 radical (unpaired) electrons. The van der Waals surface area contributed by atoms with Crippen LogP contribution in [-0.2, 0) is 17.5 Å². The smallest absolute Gasteiger partial charge is 0.416 e. The van der Waals surface area contributed by atoms with Gasteiger partial charge in [0, 0.05) is 11.6 Å². The maximum atomic E-state index is 13.0. The fraction of sp³-hybridized carbons (Fsp3) is 0.227. The van der Waals surface area contributed by atoms with Gasteiger partial charge in [0.05, 0.1) is 43.3 Å². The SMILES string of the molecule is COc1cc(-c2ccc(=O)n(CC(=O)Nc3cc(C(F)(F)F)ccc3Cl)n2)cc(OC)c1OC. The van der Waals surface area contributed by atoms with E-state index in [-0.39, 0.29) is 10.7 Å². The molecule has 0 unspecified atom stereocenters. The van der Waals surface area contributed by atoms with Gasteiger partial charge in [-0.25, -0.2) is 4.68 Å². The van der Waals surface area contributed by atoms with E-state index in [4.69, 9.17) is 25.8 Å². The summed E-state index contributed by atoms with van der Waals surface area (Å²) in [6, 6.07) is 8.41. The Morgan fingerprint density at radius 3 is 2.24 bits per heavy atom. The number of hydrogen-bond acceptors (Lipinski definition) is 6. The number of nitrogens with one attached hydrogen (secondary N) is 1. The Balaban J connectivity index is 1.90. The molecule has 34 heavy (non-hydrogen) atoms. The van der Waals surface area contributed by atoms with Crippen LogP contribution in [0.5, 0.6) is 17.2 Å². The number of halogens is 4. The van der Waals surface area contributed by atoms with Crippen LogP contribution in [0.25, 0.3) is 11.3 Å². The molecule has 0 atom stereocenters. The Bertz CT molecular complexity index is 1250. The van der Waals surface area contributed by atoms with E-state index in [1.807, 2.05) is 0 Å². The van der Waals surface area contributed by atoms with E-state index in [9.17, 15) is 22.8 Å². The molecule has 1 N–H and O–H groups in total. The number of carbonyl (C=O) groups excluding carboxylic acids is 1. The summed E-state index contributed by atoms with van der Waals surface area (Å²) in [4.78, 5) is 24.7. The third kappa shape index (κ3) is 5.42. The molecule has 180 valence electrons. The number of nitrogens with zero attached hydrogens (tertiary/aromatic N) is 2. The van der Waals surface area contributed by atoms with E-state index in [1.165, 1.54) is 33.5 Å². The monoisotopic (exact) mass is 497 g/mol. The first kappa shape index (κ1) is 24.9. The first-order valence-electron chi connectivity index (χ1n) is 9.62. The third-order valence-electron chi connectivity index (χ3n) is 4.69. The number of methoxy groups -OCH3 is 3. The predicted octanol–water partition coefficient (Wildman–Crippen LogP) is 4.25. The molecule has 3 rings (SSSR count). The molecule has 0 bridgehead atoms. The Labute approximate surface area is 196 Å². The molecule has 0 saturated carbocycles. The summed E-state index contributed by atoms with van der Waals surface area (Å²) in [6.45, 7) is -0.566. The lowest BCUT2D eigenvalue weighted by Crippen LogP contribution is -2.29. The quantitative estimate of drug-likeness (QED) is 0.525. The van der Waals surface area contributed by atoms with Crippen LogP contribution in [0.15, 0.2) is 47.3 Å². The molecule has 0 aliphatic rings. The van der Waals surface area contributed by atoms with Gasteiger partial charge in [0.15, 0.2) is 11.5 Å². The average Bonchev–Trinajstić information content (AvgIpc) is 2.80. The topological polar surface area (TPSA) is 91.7 Å². The minimum Gasteiger partial charge on any atom is -0.493 e. The molecule has 12 heteroatoms. The number of carbonyl (C=O) groups is 1. The van der Waals surface area contributed by atoms with Crippen molar-refractivity contribution >= 4 is 23.2 Å². The molecule has 8 nitrogen and oxygen atoms in total. The summed E-state index contributed by atoms with van der Waals surface area (Å²) in [5, 5.41) is 6.38. The highest BCUT2D eigenvalue weighted by atomic mass is 35.5. The molecule has 0 saturated heterocycles. The van der Waals surface area contributed by atoms with Crippen molar-refractivity contribution in [1.82, 2.24) is 9.78 Å². The highest BCUT2D eigenvalue weighted by Crippen LogP contribution is 2.40. The molecule has 3 aromatic rings. The summed E-state index contributed by atoms with van der Waals surface area (Å²) in [5.41, 5.74) is -1.00. The summed E-state index contributed by atoms with van der Waals surface area (Å²) in [7, 11) is 4.34. The molecule has 1 heterocycles. The lowest BCUT2D eigenvalue weighted by atomic mass is 10.1. The lowest BCUT2D eigenvalue weighted by molar-refractivity contribution is -0.137. The molecule has 1 aromatic heterocycles. The van der Waals surface area contributed by atoms with Gasteiger partial charge in [-0.05, 0) is 36.4 Å². The van der Waals surface area contributed by atoms with Crippen LogP contribution >= 0.6 is 11.6 Å². The zero-order chi connectivity index (χ0) is 25.0. The Kier molecular flexibility index (Phi) is 7.35. The number of amides is 1. The minimum atomic E-state index is -4.61. The van der Waals surface area contributed by atoms with Crippen LogP contribution in [0, 0.1) is 0 Å². The zero-order valence-corrected chi connectivity index (χ0v) is 19.0. The number of ether oxygens (including phenoxy) is 3. The van der Waals surface area contributed by atoms with Gasteiger partial charge in [0.25, 0.3) is 5.56 Å². The van der Waals surface area contributed by atoms with E-state index in [1.54, 1.807) is 12.1 Å². The molecular formula is C22H19ClF3N3O5. The second-order valence-electron chi connectivity index (χ2n) is 6.87. The molecule has 0 aliphatic heterocycles. The van der Waals surface area contributed by atoms with Crippen LogP contribution < -0.4 is 25.1 Å². The van der Waals surface area contributed by atoms with Gasteiger partial charge < -0.3 is 19.5 Å². The fourth-order valence-electron chi connectivity index (χ4n) is 3.07. The number of hydrogen-bond donors (Lipinski definition) is 1. The molecule has 2 aromatic carbocycles. The Hall–Kier alpha value is -3.73. The van der Waals surface area contributed by atoms with Crippen molar-refractivity contribution in [3.8, 4) is 28.5 Å². The van der Waals surface area contributed by atoms with Gasteiger partial charge in [-0.15, -0.1) is 0 Å². The van der Waals surface area contributed by atoms with Crippen molar-refractivity contribution in [3.05, 3.63) is 63.4 Å². The summed E-state index contributed by atoms with van der Waals surface area (Å²) >= 11 is 5.91. The zero-order valence-electron chi connectivity index (χ0n) is 18.2. The van der Waals surface area contributed by atoms with Crippen molar-refractivity contribution in [3.63, 3.8) is 0 Å². The van der Waals surface area contributed by atoms with Gasteiger partial charge in [-0.1, -0.05) is 11.6 Å². The average molecular weight is 498 g/mol. The van der Waals surface area contributed by atoms with E-state index in [2.05, 4.69) is 10.4 Å². The van der Waals surface area contributed by atoms with Crippen LogP contribution in [0.2, 0.25) is 5.02 Å². The lowest BCUT2D eigenvalue weighted by Gasteiger charge is -2.14. The molecule has 0 fully saturated rings. The van der Waals surface area contributed by atoms with Crippen molar-refractivity contribution in [2.75, 3.05) is 26.6 Å². The highest BCUT2D eigenvalue weighted by Gasteiger charge is 2.31. The first-order valence-corrected chi connectivity index (χ1v) is 10.00. The second kappa shape index (κ2) is 10.0. The van der Waals surface area contributed by atoms with Crippen molar-refractivity contribution in [2.45, 2.75) is 12.7 Å². The maximum Gasteiger partial charge on any atom is 0.416 e. The van der Waals surface area contributed by atoms with E-state index in [0.717, 1.165) is 16.8 Å². The fourth-order valence-corrected chi connectivity index (χ4v) is 3.23. The maximum absolute atomic E-state index is 13.0. The Morgan fingerprint density at radius 2 is 1.68 bits per heavy atom. The summed E-state index contributed by atoms with van der Waals surface area (Å²) < 4.78 is 55.7. The van der Waals surface area contributed by atoms with Gasteiger partial charge in [0.2, 0.25) is 11.7 Å². The van der Waals surface area contributed by atoms with Gasteiger partial charge in [-0.3, -0.25) is 9.59 Å². The van der Waals surface area contributed by atoms with Gasteiger partial charge >= 0.3 is 6.18 Å². The number of anilines is 1. The number of rotatable bonds is 7. The summed E-state index contributed by atoms with van der Waals surface area (Å²) in [5.74, 6) is 0.277. The molecule has 0 spiro atoms. The molecule has 1 amide bonds. The predicted molar refractivity (Wildman–Crippen MR) is 119 cm³/mol.